The third-order valence-electron chi connectivity index (χ3n) is 4.78. The molecule has 4 rings (SSSR count). The van der Waals surface area contributed by atoms with Crippen molar-refractivity contribution in [2.45, 2.75) is 13.8 Å². The number of methoxy groups -OCH3 is 1. The highest BCUT2D eigenvalue weighted by atomic mass is 16.5. The highest BCUT2D eigenvalue weighted by Crippen LogP contribution is 2.21. The molecule has 8 heteroatoms. The second kappa shape index (κ2) is 9.78. The third-order valence-corrected chi connectivity index (χ3v) is 4.78. The summed E-state index contributed by atoms with van der Waals surface area (Å²) in [5, 5.41) is 9.37. The van der Waals surface area contributed by atoms with Crippen molar-refractivity contribution in [3.05, 3.63) is 89.7 Å². The second-order valence-corrected chi connectivity index (χ2v) is 7.45. The van der Waals surface area contributed by atoms with E-state index in [-0.39, 0.29) is 5.91 Å². The van der Waals surface area contributed by atoms with E-state index in [0.717, 1.165) is 17.1 Å². The van der Waals surface area contributed by atoms with Gasteiger partial charge in [0.1, 0.15) is 5.82 Å². The van der Waals surface area contributed by atoms with Crippen LogP contribution in [-0.4, -0.2) is 28.0 Å². The second-order valence-electron chi connectivity index (χ2n) is 7.45. The maximum atomic E-state index is 12.5. The molecule has 3 N–H and O–H groups in total. The third kappa shape index (κ3) is 5.82. The van der Waals surface area contributed by atoms with Gasteiger partial charge in [-0.2, -0.15) is 4.98 Å². The molecule has 8 nitrogen and oxygen atoms in total. The van der Waals surface area contributed by atoms with Gasteiger partial charge in [0.15, 0.2) is 0 Å². The monoisotopic (exact) mass is 440 g/mol. The van der Waals surface area contributed by atoms with Gasteiger partial charge in [-0.25, -0.2) is 9.97 Å². The Morgan fingerprint density at radius 3 is 2.21 bits per heavy atom. The zero-order valence-electron chi connectivity index (χ0n) is 18.6. The van der Waals surface area contributed by atoms with Crippen molar-refractivity contribution in [1.82, 2.24) is 15.0 Å². The molecule has 2 heterocycles. The lowest BCUT2D eigenvalue weighted by Gasteiger charge is -2.11. The molecule has 2 aromatic heterocycles. The number of nitrogens with zero attached hydrogens (tertiary/aromatic N) is 3. The molecule has 0 atom stereocenters. The molecule has 0 spiro atoms. The lowest BCUT2D eigenvalue weighted by atomic mass is 10.2. The van der Waals surface area contributed by atoms with Crippen molar-refractivity contribution in [3.63, 3.8) is 0 Å². The number of pyridine rings is 1. The van der Waals surface area contributed by atoms with E-state index in [1.165, 1.54) is 18.9 Å². The van der Waals surface area contributed by atoms with Gasteiger partial charge in [0.05, 0.1) is 7.11 Å². The molecule has 0 unspecified atom stereocenters. The summed E-state index contributed by atoms with van der Waals surface area (Å²) in [5.41, 5.74) is 4.90. The lowest BCUT2D eigenvalue weighted by molar-refractivity contribution is 0.102. The minimum absolute atomic E-state index is 0.245. The van der Waals surface area contributed by atoms with Crippen LogP contribution in [0.3, 0.4) is 0 Å². The molecule has 0 saturated carbocycles. The first-order valence-corrected chi connectivity index (χ1v) is 10.4. The highest BCUT2D eigenvalue weighted by molar-refractivity contribution is 6.04. The van der Waals surface area contributed by atoms with E-state index in [9.17, 15) is 4.79 Å². The minimum atomic E-state index is -0.245. The molecule has 2 aromatic carbocycles. The lowest BCUT2D eigenvalue weighted by Crippen LogP contribution is -2.12. The van der Waals surface area contributed by atoms with Crippen molar-refractivity contribution in [1.29, 1.82) is 0 Å². The number of nitrogens with one attached hydrogen (secondary N) is 3. The van der Waals surface area contributed by atoms with Gasteiger partial charge in [0, 0.05) is 46.6 Å². The Morgan fingerprint density at radius 2 is 1.48 bits per heavy atom. The zero-order chi connectivity index (χ0) is 23.2. The van der Waals surface area contributed by atoms with Crippen molar-refractivity contribution < 1.29 is 9.53 Å². The van der Waals surface area contributed by atoms with E-state index in [1.54, 1.807) is 24.3 Å². The van der Waals surface area contributed by atoms with E-state index in [1.807, 2.05) is 56.3 Å². The Balaban J connectivity index is 1.42. The number of aryl methyl sites for hydroxylation is 2. The molecule has 166 valence electrons. The fourth-order valence-electron chi connectivity index (χ4n) is 3.10. The summed E-state index contributed by atoms with van der Waals surface area (Å²) < 4.78 is 5.07. The first kappa shape index (κ1) is 21.8. The van der Waals surface area contributed by atoms with Crippen molar-refractivity contribution in [3.8, 4) is 5.88 Å². The predicted octanol–water partition coefficient (Wildman–Crippen LogP) is 5.24. The van der Waals surface area contributed by atoms with Crippen LogP contribution in [0.4, 0.5) is 28.8 Å². The number of anilines is 5. The standard InChI is InChI=1S/C25H24N6O2/c1-16-4-6-19(7-5-16)28-22-14-17(2)27-25(31-22)30-21-10-8-20(9-11-21)29-24(32)18-12-13-26-23(15-18)33-3/h4-15H,1-3H3,(H,29,32)(H2,27,28,30,31). The minimum Gasteiger partial charge on any atom is -0.481 e. The summed E-state index contributed by atoms with van der Waals surface area (Å²) in [6.07, 6.45) is 1.53. The van der Waals surface area contributed by atoms with Crippen molar-refractivity contribution in [2.75, 3.05) is 23.1 Å². The zero-order valence-corrected chi connectivity index (χ0v) is 18.6. The van der Waals surface area contributed by atoms with Crippen LogP contribution in [0, 0.1) is 13.8 Å². The highest BCUT2D eigenvalue weighted by Gasteiger charge is 2.09. The molecular formula is C25H24N6O2. The average molecular weight is 441 g/mol. The molecule has 0 aliphatic carbocycles. The molecule has 0 bridgehead atoms. The number of hydrogen-bond donors (Lipinski definition) is 3. The Labute approximate surface area is 192 Å². The largest absolute Gasteiger partial charge is 0.481 e. The summed E-state index contributed by atoms with van der Waals surface area (Å²) in [4.78, 5) is 25.5. The summed E-state index contributed by atoms with van der Waals surface area (Å²) in [6.45, 7) is 3.97. The number of aromatic nitrogens is 3. The molecule has 0 aliphatic rings. The fourth-order valence-corrected chi connectivity index (χ4v) is 3.10. The SMILES string of the molecule is COc1cc(C(=O)Nc2ccc(Nc3nc(C)cc(Nc4ccc(C)cc4)n3)cc2)ccn1. The molecule has 4 aromatic rings. The Morgan fingerprint density at radius 1 is 0.818 bits per heavy atom. The average Bonchev–Trinajstić information content (AvgIpc) is 2.81. The molecule has 0 radical (unpaired) electrons. The van der Waals surface area contributed by atoms with Crippen LogP contribution in [-0.2, 0) is 0 Å². The summed E-state index contributed by atoms with van der Waals surface area (Å²) >= 11 is 0. The van der Waals surface area contributed by atoms with Crippen LogP contribution in [0.1, 0.15) is 21.6 Å². The van der Waals surface area contributed by atoms with Crippen LogP contribution in [0.15, 0.2) is 72.9 Å². The molecule has 1 amide bonds. The van der Waals surface area contributed by atoms with Gasteiger partial charge in [-0.15, -0.1) is 0 Å². The summed E-state index contributed by atoms with van der Waals surface area (Å²) in [6, 6.07) is 20.5. The van der Waals surface area contributed by atoms with Crippen LogP contribution in [0.25, 0.3) is 0 Å². The maximum absolute atomic E-state index is 12.5. The number of carbonyl (C=O) groups is 1. The van der Waals surface area contributed by atoms with Gasteiger partial charge in [-0.3, -0.25) is 4.79 Å². The van der Waals surface area contributed by atoms with Crippen LogP contribution in [0.5, 0.6) is 5.88 Å². The molecule has 0 aliphatic heterocycles. The first-order chi connectivity index (χ1) is 16.0. The number of carbonyl (C=O) groups excluding carboxylic acids is 1. The predicted molar refractivity (Wildman–Crippen MR) is 130 cm³/mol. The smallest absolute Gasteiger partial charge is 0.255 e. The van der Waals surface area contributed by atoms with E-state index in [0.29, 0.717) is 28.9 Å². The van der Waals surface area contributed by atoms with Gasteiger partial charge < -0.3 is 20.7 Å². The summed E-state index contributed by atoms with van der Waals surface area (Å²) in [5.74, 6) is 1.32. The molecule has 0 saturated heterocycles. The van der Waals surface area contributed by atoms with Crippen LogP contribution < -0.4 is 20.7 Å². The van der Waals surface area contributed by atoms with E-state index < -0.39 is 0 Å². The van der Waals surface area contributed by atoms with Crippen molar-refractivity contribution in [2.24, 2.45) is 0 Å². The molecular weight excluding hydrogens is 416 g/mol. The Hall–Kier alpha value is -4.46. The van der Waals surface area contributed by atoms with Gasteiger partial charge in [0.25, 0.3) is 5.91 Å². The van der Waals surface area contributed by atoms with Crippen LogP contribution in [0.2, 0.25) is 0 Å². The van der Waals surface area contributed by atoms with E-state index >= 15 is 0 Å². The molecule has 33 heavy (non-hydrogen) atoms. The quantitative estimate of drug-likeness (QED) is 0.361. The number of hydrogen-bond acceptors (Lipinski definition) is 7. The molecule has 0 fully saturated rings. The van der Waals surface area contributed by atoms with Gasteiger partial charge >= 0.3 is 0 Å². The number of amides is 1. The number of benzene rings is 2. The normalized spacial score (nSPS) is 10.4. The van der Waals surface area contributed by atoms with Crippen LogP contribution >= 0.6 is 0 Å². The topological polar surface area (TPSA) is 101 Å². The first-order valence-electron chi connectivity index (χ1n) is 10.4. The summed E-state index contributed by atoms with van der Waals surface area (Å²) in [7, 11) is 1.51. The van der Waals surface area contributed by atoms with E-state index in [4.69, 9.17) is 4.74 Å². The van der Waals surface area contributed by atoms with Crippen molar-refractivity contribution >= 4 is 34.7 Å². The number of rotatable bonds is 7. The van der Waals surface area contributed by atoms with Gasteiger partial charge in [-0.05, 0) is 56.3 Å². The van der Waals surface area contributed by atoms with Gasteiger partial charge in [0.2, 0.25) is 11.8 Å². The Kier molecular flexibility index (Phi) is 6.45. The van der Waals surface area contributed by atoms with E-state index in [2.05, 4.69) is 30.9 Å². The fraction of sp³-hybridized carbons (Fsp3) is 0.120. The Bertz CT molecular complexity index is 1260. The maximum Gasteiger partial charge on any atom is 0.255 e. The van der Waals surface area contributed by atoms with Gasteiger partial charge in [-0.1, -0.05) is 17.7 Å². The number of ether oxygens (including phenoxy) is 1.